The minimum absolute atomic E-state index is 0.101. The number of nitrogens with one attached hydrogen (secondary N) is 1. The van der Waals surface area contributed by atoms with Crippen LogP contribution >= 0.6 is 0 Å². The fourth-order valence-electron chi connectivity index (χ4n) is 1.15. The summed E-state index contributed by atoms with van der Waals surface area (Å²) in [6.45, 7) is 0. The standard InChI is InChI=1S/C8H10N4/c9-7-3-1-2-6-12(7)8-4-5-10-11-8/h1-7H,9H2,(H,10,11). The van der Waals surface area contributed by atoms with E-state index in [1.54, 1.807) is 6.20 Å². The van der Waals surface area contributed by atoms with Crippen LogP contribution in [0.1, 0.15) is 0 Å². The number of hydrogen-bond donors (Lipinski definition) is 2. The van der Waals surface area contributed by atoms with Crippen molar-refractivity contribution in [1.29, 1.82) is 0 Å². The van der Waals surface area contributed by atoms with Gasteiger partial charge in [-0.2, -0.15) is 5.10 Å². The highest BCUT2D eigenvalue weighted by Gasteiger charge is 2.11. The Balaban J connectivity index is 2.25. The molecule has 1 aromatic heterocycles. The maximum absolute atomic E-state index is 5.81. The molecule has 0 saturated carbocycles. The Hall–Kier alpha value is -1.55. The van der Waals surface area contributed by atoms with Crippen LogP contribution in [-0.4, -0.2) is 16.4 Å². The third kappa shape index (κ3) is 1.12. The van der Waals surface area contributed by atoms with Crippen LogP contribution < -0.4 is 10.6 Å². The smallest absolute Gasteiger partial charge is 0.129 e. The van der Waals surface area contributed by atoms with E-state index in [4.69, 9.17) is 5.73 Å². The van der Waals surface area contributed by atoms with Crippen LogP contribution in [-0.2, 0) is 0 Å². The Kier molecular flexibility index (Phi) is 1.68. The summed E-state index contributed by atoms with van der Waals surface area (Å²) < 4.78 is 0. The van der Waals surface area contributed by atoms with Gasteiger partial charge in [-0.05, 0) is 12.2 Å². The van der Waals surface area contributed by atoms with Crippen molar-refractivity contribution < 1.29 is 0 Å². The quantitative estimate of drug-likeness (QED) is 0.635. The highest BCUT2D eigenvalue weighted by Crippen LogP contribution is 2.14. The van der Waals surface area contributed by atoms with Gasteiger partial charge in [0.2, 0.25) is 0 Å². The number of anilines is 1. The summed E-state index contributed by atoms with van der Waals surface area (Å²) in [5.74, 6) is 0.906. The van der Waals surface area contributed by atoms with Crippen LogP contribution in [0.2, 0.25) is 0 Å². The van der Waals surface area contributed by atoms with Gasteiger partial charge < -0.3 is 10.6 Å². The lowest BCUT2D eigenvalue weighted by Gasteiger charge is -2.24. The van der Waals surface area contributed by atoms with E-state index in [9.17, 15) is 0 Å². The zero-order valence-corrected chi connectivity index (χ0v) is 6.51. The van der Waals surface area contributed by atoms with E-state index in [1.165, 1.54) is 0 Å². The Morgan fingerprint density at radius 3 is 3.08 bits per heavy atom. The topological polar surface area (TPSA) is 57.9 Å². The number of aromatic amines is 1. The van der Waals surface area contributed by atoms with Crippen molar-refractivity contribution in [3.8, 4) is 0 Å². The number of aromatic nitrogens is 2. The minimum atomic E-state index is -0.101. The molecule has 4 heteroatoms. The maximum atomic E-state index is 5.81. The van der Waals surface area contributed by atoms with Gasteiger partial charge in [-0.1, -0.05) is 6.08 Å². The first-order chi connectivity index (χ1) is 5.88. The molecule has 1 aliphatic rings. The predicted molar refractivity (Wildman–Crippen MR) is 47.3 cm³/mol. The minimum Gasteiger partial charge on any atom is -0.314 e. The van der Waals surface area contributed by atoms with E-state index in [0.29, 0.717) is 0 Å². The summed E-state index contributed by atoms with van der Waals surface area (Å²) in [6, 6.07) is 1.88. The lowest BCUT2D eigenvalue weighted by Crippen LogP contribution is -2.38. The summed E-state index contributed by atoms with van der Waals surface area (Å²) in [5.41, 5.74) is 5.81. The number of H-pyrrole nitrogens is 1. The molecular formula is C8H10N4. The van der Waals surface area contributed by atoms with Gasteiger partial charge in [0, 0.05) is 12.3 Å². The van der Waals surface area contributed by atoms with E-state index in [-0.39, 0.29) is 6.17 Å². The van der Waals surface area contributed by atoms with Crippen LogP contribution in [0.15, 0.2) is 36.7 Å². The lowest BCUT2D eigenvalue weighted by molar-refractivity contribution is 0.793. The molecule has 0 amide bonds. The van der Waals surface area contributed by atoms with Crippen molar-refractivity contribution in [2.24, 2.45) is 5.73 Å². The highest BCUT2D eigenvalue weighted by molar-refractivity contribution is 5.45. The van der Waals surface area contributed by atoms with E-state index in [1.807, 2.05) is 35.4 Å². The molecule has 0 radical (unpaired) electrons. The molecule has 0 saturated heterocycles. The molecule has 1 unspecified atom stereocenters. The third-order valence-corrected chi connectivity index (χ3v) is 1.75. The van der Waals surface area contributed by atoms with Gasteiger partial charge in [0.05, 0.1) is 6.20 Å². The SMILES string of the molecule is NC1C=CC=CN1c1ccn[nH]1. The van der Waals surface area contributed by atoms with Gasteiger partial charge in [-0.25, -0.2) is 0 Å². The van der Waals surface area contributed by atoms with Crippen LogP contribution in [0.5, 0.6) is 0 Å². The maximum Gasteiger partial charge on any atom is 0.129 e. The first-order valence-corrected chi connectivity index (χ1v) is 3.76. The third-order valence-electron chi connectivity index (χ3n) is 1.75. The van der Waals surface area contributed by atoms with Gasteiger partial charge in [-0.15, -0.1) is 0 Å². The summed E-state index contributed by atoms with van der Waals surface area (Å²) in [7, 11) is 0. The Bertz CT molecular complexity index is 299. The molecule has 0 bridgehead atoms. The molecule has 3 N–H and O–H groups in total. The molecule has 0 spiro atoms. The Morgan fingerprint density at radius 1 is 1.50 bits per heavy atom. The average molecular weight is 162 g/mol. The zero-order chi connectivity index (χ0) is 8.39. The first kappa shape index (κ1) is 7.12. The normalized spacial score (nSPS) is 21.8. The fraction of sp³-hybridized carbons (Fsp3) is 0.125. The summed E-state index contributed by atoms with van der Waals surface area (Å²) in [5, 5.41) is 6.70. The van der Waals surface area contributed by atoms with Crippen LogP contribution in [0.4, 0.5) is 5.82 Å². The van der Waals surface area contributed by atoms with Gasteiger partial charge in [0.1, 0.15) is 12.0 Å². The molecule has 2 heterocycles. The Labute approximate surface area is 70.4 Å². The second-order valence-corrected chi connectivity index (χ2v) is 2.57. The first-order valence-electron chi connectivity index (χ1n) is 3.76. The highest BCUT2D eigenvalue weighted by atomic mass is 15.3. The molecule has 1 atom stereocenters. The molecule has 1 aliphatic heterocycles. The predicted octanol–water partition coefficient (Wildman–Crippen LogP) is 0.584. The largest absolute Gasteiger partial charge is 0.314 e. The molecule has 0 fully saturated rings. The van der Waals surface area contributed by atoms with Crippen molar-refractivity contribution in [2.45, 2.75) is 6.17 Å². The second-order valence-electron chi connectivity index (χ2n) is 2.57. The number of nitrogens with two attached hydrogens (primary N) is 1. The van der Waals surface area contributed by atoms with Gasteiger partial charge in [0.25, 0.3) is 0 Å². The Morgan fingerprint density at radius 2 is 2.42 bits per heavy atom. The van der Waals surface area contributed by atoms with E-state index in [2.05, 4.69) is 10.2 Å². The molecular weight excluding hydrogens is 152 g/mol. The van der Waals surface area contributed by atoms with Gasteiger partial charge in [-0.3, -0.25) is 5.10 Å². The number of nitrogens with zero attached hydrogens (tertiary/aromatic N) is 2. The molecule has 4 nitrogen and oxygen atoms in total. The zero-order valence-electron chi connectivity index (χ0n) is 6.51. The lowest BCUT2D eigenvalue weighted by atomic mass is 10.3. The average Bonchev–Trinajstić information content (AvgIpc) is 2.57. The van der Waals surface area contributed by atoms with Crippen molar-refractivity contribution in [3.05, 3.63) is 36.7 Å². The number of hydrogen-bond acceptors (Lipinski definition) is 3. The molecule has 0 aliphatic carbocycles. The molecule has 0 aromatic carbocycles. The summed E-state index contributed by atoms with van der Waals surface area (Å²) in [4.78, 5) is 1.91. The monoisotopic (exact) mass is 162 g/mol. The van der Waals surface area contributed by atoms with Crippen LogP contribution in [0.3, 0.4) is 0 Å². The van der Waals surface area contributed by atoms with Crippen molar-refractivity contribution in [1.82, 2.24) is 10.2 Å². The van der Waals surface area contributed by atoms with Crippen molar-refractivity contribution in [2.75, 3.05) is 4.90 Å². The van der Waals surface area contributed by atoms with Crippen molar-refractivity contribution in [3.63, 3.8) is 0 Å². The molecule has 1 aromatic rings. The number of allylic oxidation sites excluding steroid dienone is 2. The van der Waals surface area contributed by atoms with E-state index in [0.717, 1.165) is 5.82 Å². The summed E-state index contributed by atoms with van der Waals surface area (Å²) in [6.07, 6.45) is 9.30. The fourth-order valence-corrected chi connectivity index (χ4v) is 1.15. The molecule has 62 valence electrons. The van der Waals surface area contributed by atoms with Crippen LogP contribution in [0, 0.1) is 0 Å². The second kappa shape index (κ2) is 2.83. The van der Waals surface area contributed by atoms with E-state index >= 15 is 0 Å². The number of rotatable bonds is 1. The van der Waals surface area contributed by atoms with Gasteiger partial charge in [0.15, 0.2) is 0 Å². The molecule has 12 heavy (non-hydrogen) atoms. The summed E-state index contributed by atoms with van der Waals surface area (Å²) >= 11 is 0. The van der Waals surface area contributed by atoms with E-state index < -0.39 is 0 Å². The van der Waals surface area contributed by atoms with Crippen LogP contribution in [0.25, 0.3) is 0 Å². The molecule has 2 rings (SSSR count). The van der Waals surface area contributed by atoms with Gasteiger partial charge >= 0.3 is 0 Å². The van der Waals surface area contributed by atoms with Crippen molar-refractivity contribution >= 4 is 5.82 Å².